The molecule has 2 N–H and O–H groups in total. The molecule has 1 fully saturated rings. The van der Waals surface area contributed by atoms with Gasteiger partial charge in [0.15, 0.2) is 9.84 Å². The van der Waals surface area contributed by atoms with Crippen LogP contribution in [-0.2, 0) is 9.84 Å². The molecule has 0 bridgehead atoms. The maximum atomic E-state index is 13.1. The number of nitriles is 1. The van der Waals surface area contributed by atoms with E-state index in [1.165, 1.54) is 18.2 Å². The van der Waals surface area contributed by atoms with Crippen LogP contribution in [-0.4, -0.2) is 25.5 Å². The Morgan fingerprint density at radius 3 is 2.59 bits per heavy atom. The predicted octanol–water partition coefficient (Wildman–Crippen LogP) is 0.557. The molecule has 2 rings (SSSR count). The minimum Gasteiger partial charge on any atom is -0.312 e. The van der Waals surface area contributed by atoms with Crippen molar-refractivity contribution in [2.75, 3.05) is 6.26 Å². The van der Waals surface area contributed by atoms with E-state index in [9.17, 15) is 12.8 Å². The van der Waals surface area contributed by atoms with Gasteiger partial charge in [-0.05, 0) is 17.7 Å². The Labute approximate surface area is 98.8 Å². The molecule has 3 atom stereocenters. The van der Waals surface area contributed by atoms with Crippen molar-refractivity contribution in [3.8, 4) is 6.07 Å². The van der Waals surface area contributed by atoms with Crippen LogP contribution in [0, 0.1) is 17.1 Å². The monoisotopic (exact) mass is 254 g/mol. The van der Waals surface area contributed by atoms with Crippen LogP contribution >= 0.6 is 0 Å². The van der Waals surface area contributed by atoms with Gasteiger partial charge in [0.1, 0.15) is 16.6 Å². The molecule has 0 amide bonds. The molecule has 4 nitrogen and oxygen atoms in total. The lowest BCUT2D eigenvalue weighted by Gasteiger charge is -2.00. The van der Waals surface area contributed by atoms with Crippen LogP contribution in [0.1, 0.15) is 11.5 Å². The summed E-state index contributed by atoms with van der Waals surface area (Å²) in [5.41, 5.74) is 4.75. The molecular formula is C11H11FN2O2S. The second-order valence-corrected chi connectivity index (χ2v) is 6.49. The molecule has 0 heterocycles. The molecule has 0 spiro atoms. The first-order valence-corrected chi connectivity index (χ1v) is 6.90. The summed E-state index contributed by atoms with van der Waals surface area (Å²) in [5.74, 6) is -1.12. The van der Waals surface area contributed by atoms with E-state index < -0.39 is 32.4 Å². The zero-order valence-electron chi connectivity index (χ0n) is 9.09. The van der Waals surface area contributed by atoms with E-state index in [1.807, 2.05) is 6.07 Å². The van der Waals surface area contributed by atoms with Gasteiger partial charge in [0.05, 0.1) is 6.07 Å². The standard InChI is InChI=1S/C11H11FN2O2S/c1-17(15,16)10-9(11(10,14)6-13)7-3-2-4-8(12)5-7/h2-5,9-10H,14H2,1H3/t9-,10+,11-/m0/s1. The van der Waals surface area contributed by atoms with Crippen LogP contribution in [0.4, 0.5) is 4.39 Å². The predicted molar refractivity (Wildman–Crippen MR) is 60.3 cm³/mol. The first-order valence-electron chi connectivity index (χ1n) is 4.95. The Morgan fingerprint density at radius 2 is 2.18 bits per heavy atom. The van der Waals surface area contributed by atoms with Crippen molar-refractivity contribution in [2.24, 2.45) is 5.73 Å². The Morgan fingerprint density at radius 1 is 1.53 bits per heavy atom. The number of halogens is 1. The van der Waals surface area contributed by atoms with Crippen LogP contribution < -0.4 is 5.73 Å². The lowest BCUT2D eigenvalue weighted by molar-refractivity contribution is 0.597. The maximum Gasteiger partial charge on any atom is 0.153 e. The molecule has 6 heteroatoms. The van der Waals surface area contributed by atoms with Gasteiger partial charge in [0, 0.05) is 12.2 Å². The van der Waals surface area contributed by atoms with Crippen LogP contribution in [0.2, 0.25) is 0 Å². The summed E-state index contributed by atoms with van der Waals surface area (Å²) in [6.45, 7) is 0. The third kappa shape index (κ3) is 1.81. The molecule has 90 valence electrons. The minimum atomic E-state index is -3.43. The summed E-state index contributed by atoms with van der Waals surface area (Å²) in [6.07, 6.45) is 1.04. The van der Waals surface area contributed by atoms with Crippen molar-refractivity contribution < 1.29 is 12.8 Å². The Kier molecular flexibility index (Phi) is 2.49. The highest BCUT2D eigenvalue weighted by atomic mass is 32.2. The fraction of sp³-hybridized carbons (Fsp3) is 0.364. The molecule has 17 heavy (non-hydrogen) atoms. The second-order valence-electron chi connectivity index (χ2n) is 4.33. The van der Waals surface area contributed by atoms with Gasteiger partial charge in [-0.3, -0.25) is 0 Å². The van der Waals surface area contributed by atoms with E-state index in [2.05, 4.69) is 0 Å². The highest BCUT2D eigenvalue weighted by molar-refractivity contribution is 7.91. The average Bonchev–Trinajstić information content (AvgIpc) is 2.86. The van der Waals surface area contributed by atoms with Crippen LogP contribution in [0.5, 0.6) is 0 Å². The van der Waals surface area contributed by atoms with E-state index in [4.69, 9.17) is 11.0 Å². The van der Waals surface area contributed by atoms with E-state index in [0.29, 0.717) is 5.56 Å². The Balaban J connectivity index is 2.46. The summed E-state index contributed by atoms with van der Waals surface area (Å²) in [5, 5.41) is 8.01. The zero-order chi connectivity index (χ0) is 12.8. The van der Waals surface area contributed by atoms with Gasteiger partial charge < -0.3 is 5.73 Å². The van der Waals surface area contributed by atoms with Crippen LogP contribution in [0.3, 0.4) is 0 Å². The van der Waals surface area contributed by atoms with E-state index >= 15 is 0 Å². The summed E-state index contributed by atoms with van der Waals surface area (Å²) in [6, 6.07) is 7.34. The number of nitrogens with two attached hydrogens (primary N) is 1. The van der Waals surface area contributed by atoms with Gasteiger partial charge in [0.25, 0.3) is 0 Å². The van der Waals surface area contributed by atoms with Gasteiger partial charge in [-0.2, -0.15) is 5.26 Å². The van der Waals surface area contributed by atoms with Crippen molar-refractivity contribution >= 4 is 9.84 Å². The van der Waals surface area contributed by atoms with Gasteiger partial charge >= 0.3 is 0 Å². The molecule has 0 saturated heterocycles. The molecule has 0 radical (unpaired) electrons. The first-order chi connectivity index (χ1) is 7.80. The smallest absolute Gasteiger partial charge is 0.153 e. The lowest BCUT2D eigenvalue weighted by atomic mass is 10.1. The molecule has 1 aliphatic rings. The molecule has 1 saturated carbocycles. The molecule has 1 aliphatic carbocycles. The molecule has 0 aromatic heterocycles. The minimum absolute atomic E-state index is 0.449. The fourth-order valence-corrected chi connectivity index (χ4v) is 3.97. The second kappa shape index (κ2) is 3.52. The average molecular weight is 254 g/mol. The number of hydrogen-bond donors (Lipinski definition) is 1. The van der Waals surface area contributed by atoms with Crippen molar-refractivity contribution in [3.05, 3.63) is 35.6 Å². The quantitative estimate of drug-likeness (QED) is 0.835. The number of hydrogen-bond acceptors (Lipinski definition) is 4. The number of rotatable bonds is 2. The van der Waals surface area contributed by atoms with Crippen molar-refractivity contribution in [1.82, 2.24) is 0 Å². The largest absolute Gasteiger partial charge is 0.312 e. The van der Waals surface area contributed by atoms with E-state index in [-0.39, 0.29) is 0 Å². The van der Waals surface area contributed by atoms with Crippen molar-refractivity contribution in [1.29, 1.82) is 5.26 Å². The third-order valence-corrected chi connectivity index (χ3v) is 4.63. The van der Waals surface area contributed by atoms with Gasteiger partial charge in [-0.15, -0.1) is 0 Å². The first kappa shape index (κ1) is 12.0. The molecular weight excluding hydrogens is 243 g/mol. The Bertz CT molecular complexity index is 608. The molecule has 1 aromatic rings. The Hall–Kier alpha value is -1.45. The maximum absolute atomic E-state index is 13.1. The summed E-state index contributed by atoms with van der Waals surface area (Å²) in [4.78, 5) is 0. The van der Waals surface area contributed by atoms with Gasteiger partial charge in [0.2, 0.25) is 0 Å². The van der Waals surface area contributed by atoms with Gasteiger partial charge in [-0.1, -0.05) is 12.1 Å². The number of benzene rings is 1. The van der Waals surface area contributed by atoms with Crippen LogP contribution in [0.15, 0.2) is 24.3 Å². The molecule has 0 aliphatic heterocycles. The zero-order valence-corrected chi connectivity index (χ0v) is 9.91. The summed E-state index contributed by atoms with van der Waals surface area (Å²) >= 11 is 0. The van der Waals surface area contributed by atoms with Gasteiger partial charge in [-0.25, -0.2) is 12.8 Å². The normalized spacial score (nSPS) is 31.9. The highest BCUT2D eigenvalue weighted by Gasteiger charge is 2.69. The third-order valence-electron chi connectivity index (χ3n) is 3.04. The van der Waals surface area contributed by atoms with E-state index in [1.54, 1.807) is 6.07 Å². The molecule has 0 unspecified atom stereocenters. The number of nitrogens with zero attached hydrogens (tertiary/aromatic N) is 1. The lowest BCUT2D eigenvalue weighted by Crippen LogP contribution is -2.28. The fourth-order valence-electron chi connectivity index (χ4n) is 2.26. The van der Waals surface area contributed by atoms with E-state index in [0.717, 1.165) is 6.26 Å². The summed E-state index contributed by atoms with van der Waals surface area (Å²) < 4.78 is 36.1. The highest BCUT2D eigenvalue weighted by Crippen LogP contribution is 2.53. The SMILES string of the molecule is CS(=O)(=O)[C@@H]1[C@H](c2cccc(F)c2)[C@@]1(N)C#N. The van der Waals surface area contributed by atoms with Crippen molar-refractivity contribution in [2.45, 2.75) is 16.7 Å². The summed E-state index contributed by atoms with van der Waals surface area (Å²) in [7, 11) is -3.43. The van der Waals surface area contributed by atoms with Crippen LogP contribution in [0.25, 0.3) is 0 Å². The topological polar surface area (TPSA) is 83.9 Å². The van der Waals surface area contributed by atoms with Crippen molar-refractivity contribution in [3.63, 3.8) is 0 Å². The number of sulfone groups is 1. The molecule has 1 aromatic carbocycles.